The van der Waals surface area contributed by atoms with E-state index in [1.807, 2.05) is 39.0 Å². The van der Waals surface area contributed by atoms with Crippen LogP contribution in [0.2, 0.25) is 0 Å². The van der Waals surface area contributed by atoms with Gasteiger partial charge in [0, 0.05) is 35.8 Å². The second kappa shape index (κ2) is 6.72. The molecule has 1 aliphatic heterocycles. The Balaban J connectivity index is 1.97. The largest absolute Gasteiger partial charge is 0.493 e. The van der Waals surface area contributed by atoms with Gasteiger partial charge in [0.25, 0.3) is 0 Å². The summed E-state index contributed by atoms with van der Waals surface area (Å²) >= 11 is 0. The van der Waals surface area contributed by atoms with Crippen molar-refractivity contribution in [2.24, 2.45) is 5.41 Å². The first-order chi connectivity index (χ1) is 12.1. The van der Waals surface area contributed by atoms with Crippen LogP contribution < -0.4 is 5.46 Å². The van der Waals surface area contributed by atoms with E-state index in [0.717, 1.165) is 10.8 Å². The van der Waals surface area contributed by atoms with Crippen LogP contribution in [0, 0.1) is 5.41 Å². The zero-order valence-corrected chi connectivity index (χ0v) is 16.0. The highest BCUT2D eigenvalue weighted by Gasteiger charge is 2.34. The third-order valence-electron chi connectivity index (χ3n) is 4.20. The number of rotatable bonds is 2. The SMILES string of the molecule is CC1(C)COB(c2ccc3c(CO)cn(C(=O)OC(C)(C)C)c3c2)OC1. The van der Waals surface area contributed by atoms with Crippen molar-refractivity contribution < 1.29 is 23.9 Å². The standard InChI is InChI=1S/C19H26BNO5/c1-18(2,3)26-17(23)21-9-13(10-22)15-7-6-14(8-16(15)21)20-24-11-19(4,5)12-25-20/h6-9,22H,10-12H2,1-5H3. The molecule has 2 aromatic rings. The summed E-state index contributed by atoms with van der Waals surface area (Å²) < 4.78 is 18.6. The van der Waals surface area contributed by atoms with Crippen LogP contribution in [0.3, 0.4) is 0 Å². The summed E-state index contributed by atoms with van der Waals surface area (Å²) in [5.41, 5.74) is 1.55. The molecule has 0 atom stereocenters. The number of aromatic nitrogens is 1. The third kappa shape index (κ3) is 3.95. The molecule has 1 N–H and O–H groups in total. The molecular formula is C19H26BNO5. The Kier molecular flexibility index (Phi) is 4.90. The minimum Gasteiger partial charge on any atom is -0.443 e. The Morgan fingerprint density at radius 2 is 1.96 bits per heavy atom. The van der Waals surface area contributed by atoms with Gasteiger partial charge in [-0.3, -0.25) is 4.57 Å². The second-order valence-electron chi connectivity index (χ2n) is 8.56. The van der Waals surface area contributed by atoms with Gasteiger partial charge in [0.05, 0.1) is 12.1 Å². The number of fused-ring (bicyclic) bond motifs is 1. The number of carbonyl (C=O) groups excluding carboxylic acids is 1. The predicted octanol–water partition coefficient (Wildman–Crippen LogP) is 2.69. The minimum atomic E-state index is -0.605. The molecule has 1 aromatic carbocycles. The Hall–Kier alpha value is -1.83. The second-order valence-corrected chi connectivity index (χ2v) is 8.56. The van der Waals surface area contributed by atoms with E-state index in [1.54, 1.807) is 6.20 Å². The molecule has 3 rings (SSSR count). The van der Waals surface area contributed by atoms with Gasteiger partial charge in [-0.1, -0.05) is 26.0 Å². The average molecular weight is 359 g/mol. The first-order valence-corrected chi connectivity index (χ1v) is 8.81. The Morgan fingerprint density at radius 3 is 2.54 bits per heavy atom. The van der Waals surface area contributed by atoms with Crippen LogP contribution in [0.1, 0.15) is 40.2 Å². The average Bonchev–Trinajstić information content (AvgIpc) is 2.91. The summed E-state index contributed by atoms with van der Waals surface area (Å²) in [4.78, 5) is 12.6. The lowest BCUT2D eigenvalue weighted by molar-refractivity contribution is 0.0343. The molecule has 6 nitrogen and oxygen atoms in total. The fraction of sp³-hybridized carbons (Fsp3) is 0.526. The van der Waals surface area contributed by atoms with Crippen LogP contribution >= 0.6 is 0 Å². The smallest absolute Gasteiger partial charge is 0.443 e. The maximum absolute atomic E-state index is 12.6. The molecule has 1 saturated heterocycles. The molecule has 0 amide bonds. The molecule has 1 fully saturated rings. The third-order valence-corrected chi connectivity index (χ3v) is 4.20. The highest BCUT2D eigenvalue weighted by molar-refractivity contribution is 6.61. The van der Waals surface area contributed by atoms with Crippen LogP contribution in [0.5, 0.6) is 0 Å². The Morgan fingerprint density at radius 1 is 1.31 bits per heavy atom. The molecule has 0 bridgehead atoms. The summed E-state index contributed by atoms with van der Waals surface area (Å²) in [6.45, 7) is 10.7. The van der Waals surface area contributed by atoms with Crippen molar-refractivity contribution >= 4 is 29.6 Å². The van der Waals surface area contributed by atoms with Gasteiger partial charge in [-0.05, 0) is 32.3 Å². The summed E-state index contributed by atoms with van der Waals surface area (Å²) in [5.74, 6) is 0. The monoisotopic (exact) mass is 359 g/mol. The van der Waals surface area contributed by atoms with Crippen molar-refractivity contribution in [3.05, 3.63) is 30.0 Å². The van der Waals surface area contributed by atoms with Crippen LogP contribution in [0.25, 0.3) is 10.9 Å². The quantitative estimate of drug-likeness (QED) is 0.835. The van der Waals surface area contributed by atoms with Crippen LogP contribution in [0.4, 0.5) is 4.79 Å². The van der Waals surface area contributed by atoms with Crippen molar-refractivity contribution in [2.45, 2.75) is 46.8 Å². The number of ether oxygens (including phenoxy) is 1. The van der Waals surface area contributed by atoms with Crippen LogP contribution in [-0.2, 0) is 20.7 Å². The van der Waals surface area contributed by atoms with Gasteiger partial charge in [-0.25, -0.2) is 4.79 Å². The molecule has 26 heavy (non-hydrogen) atoms. The van der Waals surface area contributed by atoms with Gasteiger partial charge < -0.3 is 19.2 Å². The Bertz CT molecular complexity index is 811. The van der Waals surface area contributed by atoms with E-state index in [4.69, 9.17) is 14.0 Å². The van der Waals surface area contributed by atoms with Crippen molar-refractivity contribution in [2.75, 3.05) is 13.2 Å². The van der Waals surface area contributed by atoms with E-state index in [2.05, 4.69) is 13.8 Å². The zero-order valence-electron chi connectivity index (χ0n) is 16.0. The van der Waals surface area contributed by atoms with Crippen molar-refractivity contribution in [1.82, 2.24) is 4.57 Å². The molecule has 140 valence electrons. The van der Waals surface area contributed by atoms with E-state index in [-0.39, 0.29) is 12.0 Å². The van der Waals surface area contributed by atoms with Crippen molar-refractivity contribution in [1.29, 1.82) is 0 Å². The topological polar surface area (TPSA) is 69.9 Å². The van der Waals surface area contributed by atoms with Crippen LogP contribution in [-0.4, -0.2) is 41.7 Å². The number of aliphatic hydroxyl groups excluding tert-OH is 1. The van der Waals surface area contributed by atoms with Gasteiger partial charge in [0.15, 0.2) is 0 Å². The molecule has 0 radical (unpaired) electrons. The highest BCUT2D eigenvalue weighted by atomic mass is 16.6. The lowest BCUT2D eigenvalue weighted by atomic mass is 9.75. The number of carbonyl (C=O) groups is 1. The molecule has 0 aliphatic carbocycles. The maximum atomic E-state index is 12.6. The Labute approximate surface area is 154 Å². The van der Waals surface area contributed by atoms with Crippen molar-refractivity contribution in [3.63, 3.8) is 0 Å². The van der Waals surface area contributed by atoms with Crippen molar-refractivity contribution in [3.8, 4) is 0 Å². The lowest BCUT2D eigenvalue weighted by Crippen LogP contribution is -2.47. The molecule has 0 saturated carbocycles. The van der Waals surface area contributed by atoms with E-state index >= 15 is 0 Å². The molecule has 0 spiro atoms. The van der Waals surface area contributed by atoms with Gasteiger partial charge in [0.2, 0.25) is 0 Å². The number of hydrogen-bond donors (Lipinski definition) is 1. The summed E-state index contributed by atoms with van der Waals surface area (Å²) in [7, 11) is -0.466. The fourth-order valence-corrected chi connectivity index (χ4v) is 2.93. The van der Waals surface area contributed by atoms with Gasteiger partial charge in [-0.2, -0.15) is 0 Å². The molecule has 1 aromatic heterocycles. The molecule has 7 heteroatoms. The van der Waals surface area contributed by atoms with E-state index in [9.17, 15) is 9.90 Å². The van der Waals surface area contributed by atoms with Gasteiger partial charge in [-0.15, -0.1) is 0 Å². The number of hydrogen-bond acceptors (Lipinski definition) is 5. The first kappa shape index (κ1) is 19.0. The lowest BCUT2D eigenvalue weighted by Gasteiger charge is -2.33. The van der Waals surface area contributed by atoms with E-state index in [1.165, 1.54) is 4.57 Å². The first-order valence-electron chi connectivity index (χ1n) is 8.81. The predicted molar refractivity (Wildman–Crippen MR) is 101 cm³/mol. The summed E-state index contributed by atoms with van der Waals surface area (Å²) in [6, 6.07) is 5.65. The molecule has 1 aliphatic rings. The van der Waals surface area contributed by atoms with Crippen LogP contribution in [0.15, 0.2) is 24.4 Å². The molecular weight excluding hydrogens is 333 g/mol. The number of nitrogens with zero attached hydrogens (tertiary/aromatic N) is 1. The minimum absolute atomic E-state index is 0.0125. The van der Waals surface area contributed by atoms with E-state index in [0.29, 0.717) is 24.3 Å². The number of benzene rings is 1. The zero-order chi connectivity index (χ0) is 19.1. The van der Waals surface area contributed by atoms with E-state index < -0.39 is 18.8 Å². The normalized spacial score (nSPS) is 17.5. The summed E-state index contributed by atoms with van der Waals surface area (Å²) in [6.07, 6.45) is 1.14. The molecule has 2 heterocycles. The number of aliphatic hydroxyl groups is 1. The molecule has 0 unspecified atom stereocenters. The van der Waals surface area contributed by atoms with Gasteiger partial charge in [0.1, 0.15) is 5.60 Å². The maximum Gasteiger partial charge on any atom is 0.493 e. The fourth-order valence-electron chi connectivity index (χ4n) is 2.93. The van der Waals surface area contributed by atoms with Gasteiger partial charge >= 0.3 is 13.2 Å². The highest BCUT2D eigenvalue weighted by Crippen LogP contribution is 2.25. The summed E-state index contributed by atoms with van der Waals surface area (Å²) in [5, 5.41) is 10.4.